The fourth-order valence-electron chi connectivity index (χ4n) is 2.06. The summed E-state index contributed by atoms with van der Waals surface area (Å²) >= 11 is 0. The van der Waals surface area contributed by atoms with Crippen molar-refractivity contribution in [3.05, 3.63) is 27.4 Å². The van der Waals surface area contributed by atoms with E-state index in [2.05, 4.69) is 10.3 Å². The van der Waals surface area contributed by atoms with Gasteiger partial charge in [-0.1, -0.05) is 0 Å². The number of nitro groups is 1. The van der Waals surface area contributed by atoms with Gasteiger partial charge in [-0.3, -0.25) is 10.1 Å². The smallest absolute Gasteiger partial charge is 0.334 e. The average Bonchev–Trinajstić information content (AvgIpc) is 2.38. The van der Waals surface area contributed by atoms with Crippen molar-refractivity contribution in [3.8, 4) is 5.88 Å². The number of hydrogen-bond acceptors (Lipinski definition) is 6. The van der Waals surface area contributed by atoms with Crippen LogP contribution in [0.3, 0.4) is 0 Å². The van der Waals surface area contributed by atoms with Crippen LogP contribution in [0.1, 0.15) is 17.2 Å². The molecule has 18 heavy (non-hydrogen) atoms. The van der Waals surface area contributed by atoms with Gasteiger partial charge >= 0.3 is 5.69 Å². The zero-order valence-corrected chi connectivity index (χ0v) is 10.3. The molecule has 1 saturated heterocycles. The van der Waals surface area contributed by atoms with Gasteiger partial charge in [0.15, 0.2) is 0 Å². The minimum atomic E-state index is -0.464. The van der Waals surface area contributed by atoms with Crippen LogP contribution in [-0.2, 0) is 4.74 Å². The Hall–Kier alpha value is -1.73. The summed E-state index contributed by atoms with van der Waals surface area (Å²) in [5.41, 5.74) is 1.26. The van der Waals surface area contributed by atoms with Crippen LogP contribution in [0.25, 0.3) is 0 Å². The number of rotatable bonds is 3. The van der Waals surface area contributed by atoms with Crippen LogP contribution >= 0.6 is 0 Å². The van der Waals surface area contributed by atoms with Crippen molar-refractivity contribution in [2.45, 2.75) is 13.0 Å². The third-order valence-corrected chi connectivity index (χ3v) is 2.98. The maximum Gasteiger partial charge on any atom is 0.334 e. The summed E-state index contributed by atoms with van der Waals surface area (Å²) in [5, 5.41) is 14.3. The lowest BCUT2D eigenvalue weighted by Gasteiger charge is -2.25. The van der Waals surface area contributed by atoms with Gasteiger partial charge in [0, 0.05) is 18.3 Å². The van der Waals surface area contributed by atoms with Crippen molar-refractivity contribution < 1.29 is 14.4 Å². The molecule has 7 nitrogen and oxygen atoms in total. The summed E-state index contributed by atoms with van der Waals surface area (Å²) in [6.45, 7) is 3.57. The second-order valence-electron chi connectivity index (χ2n) is 4.04. The van der Waals surface area contributed by atoms with Crippen LogP contribution in [0.2, 0.25) is 0 Å². The predicted molar refractivity (Wildman–Crippen MR) is 63.7 cm³/mol. The van der Waals surface area contributed by atoms with Crippen LogP contribution < -0.4 is 10.1 Å². The lowest BCUT2D eigenvalue weighted by atomic mass is 10.0. The third-order valence-electron chi connectivity index (χ3n) is 2.98. The van der Waals surface area contributed by atoms with E-state index in [1.807, 2.05) is 0 Å². The second-order valence-corrected chi connectivity index (χ2v) is 4.04. The van der Waals surface area contributed by atoms with Gasteiger partial charge in [0.05, 0.1) is 31.3 Å². The molecule has 1 N–H and O–H groups in total. The SMILES string of the molecule is COc1ncc([C@@H]2COCCN2)c(C)c1[N+](=O)[O-]. The highest BCUT2D eigenvalue weighted by Crippen LogP contribution is 2.33. The number of ether oxygens (including phenoxy) is 2. The lowest BCUT2D eigenvalue weighted by Crippen LogP contribution is -2.35. The van der Waals surface area contributed by atoms with Gasteiger partial charge in [-0.15, -0.1) is 0 Å². The lowest BCUT2D eigenvalue weighted by molar-refractivity contribution is -0.386. The van der Waals surface area contributed by atoms with Gasteiger partial charge in [0.25, 0.3) is 5.88 Å². The molecular weight excluding hydrogens is 238 g/mol. The highest BCUT2D eigenvalue weighted by molar-refractivity contribution is 5.52. The Morgan fingerprint density at radius 3 is 3.00 bits per heavy atom. The summed E-state index contributed by atoms with van der Waals surface area (Å²) in [6, 6.07) is -0.0594. The van der Waals surface area contributed by atoms with Gasteiger partial charge in [-0.25, -0.2) is 4.98 Å². The standard InChI is InChI=1S/C11H15N3O4/c1-7-8(9-6-18-4-3-12-9)5-13-11(17-2)10(7)14(15)16/h5,9,12H,3-4,6H2,1-2H3/t9-/m0/s1. The van der Waals surface area contributed by atoms with Gasteiger partial charge in [0.1, 0.15) is 0 Å². The van der Waals surface area contributed by atoms with Crippen LogP contribution in [0.15, 0.2) is 6.20 Å². The number of aromatic nitrogens is 1. The van der Waals surface area contributed by atoms with Crippen molar-refractivity contribution in [2.75, 3.05) is 26.9 Å². The van der Waals surface area contributed by atoms with Crippen molar-refractivity contribution in [3.63, 3.8) is 0 Å². The average molecular weight is 253 g/mol. The Morgan fingerprint density at radius 1 is 1.67 bits per heavy atom. The topological polar surface area (TPSA) is 86.5 Å². The first-order valence-electron chi connectivity index (χ1n) is 5.64. The first kappa shape index (κ1) is 12.7. The van der Waals surface area contributed by atoms with Crippen LogP contribution in [-0.4, -0.2) is 36.8 Å². The summed E-state index contributed by atoms with van der Waals surface area (Å²) in [6.07, 6.45) is 1.60. The van der Waals surface area contributed by atoms with Crippen molar-refractivity contribution in [1.29, 1.82) is 0 Å². The highest BCUT2D eigenvalue weighted by Gasteiger charge is 2.27. The molecule has 0 aliphatic carbocycles. The molecule has 0 saturated carbocycles. The van der Waals surface area contributed by atoms with E-state index in [0.29, 0.717) is 18.8 Å². The number of methoxy groups -OCH3 is 1. The molecule has 1 aromatic rings. The molecule has 98 valence electrons. The van der Waals surface area contributed by atoms with E-state index >= 15 is 0 Å². The Labute approximate surface area is 104 Å². The maximum absolute atomic E-state index is 11.1. The van der Waals surface area contributed by atoms with E-state index < -0.39 is 4.92 Å². The number of nitrogens with one attached hydrogen (secondary N) is 1. The quantitative estimate of drug-likeness (QED) is 0.638. The van der Waals surface area contributed by atoms with Crippen LogP contribution in [0, 0.1) is 17.0 Å². The number of morpholine rings is 1. The van der Waals surface area contributed by atoms with Gasteiger partial charge < -0.3 is 14.8 Å². The largest absolute Gasteiger partial charge is 0.476 e. The van der Waals surface area contributed by atoms with Gasteiger partial charge in [-0.05, 0) is 12.5 Å². The predicted octanol–water partition coefficient (Wildman–Crippen LogP) is 0.968. The Morgan fingerprint density at radius 2 is 2.44 bits per heavy atom. The molecule has 2 heterocycles. The molecular formula is C11H15N3O4. The Bertz CT molecular complexity index is 458. The Kier molecular flexibility index (Phi) is 3.73. The van der Waals surface area contributed by atoms with Gasteiger partial charge in [-0.2, -0.15) is 0 Å². The molecule has 2 rings (SSSR count). The van der Waals surface area contributed by atoms with Crippen molar-refractivity contribution in [1.82, 2.24) is 10.3 Å². The van der Waals surface area contributed by atoms with Crippen molar-refractivity contribution in [2.24, 2.45) is 0 Å². The summed E-state index contributed by atoms with van der Waals surface area (Å²) in [7, 11) is 1.37. The molecule has 0 amide bonds. The molecule has 0 bridgehead atoms. The third kappa shape index (κ3) is 2.27. The highest BCUT2D eigenvalue weighted by atomic mass is 16.6. The minimum Gasteiger partial charge on any atom is -0.476 e. The summed E-state index contributed by atoms with van der Waals surface area (Å²) in [4.78, 5) is 14.6. The number of hydrogen-bond donors (Lipinski definition) is 1. The monoisotopic (exact) mass is 253 g/mol. The van der Waals surface area contributed by atoms with Crippen molar-refractivity contribution >= 4 is 5.69 Å². The molecule has 1 fully saturated rings. The molecule has 1 aromatic heterocycles. The first-order chi connectivity index (χ1) is 8.65. The first-order valence-corrected chi connectivity index (χ1v) is 5.64. The maximum atomic E-state index is 11.1. The van der Waals surface area contributed by atoms with Crippen LogP contribution in [0.5, 0.6) is 5.88 Å². The van der Waals surface area contributed by atoms with E-state index in [1.54, 1.807) is 13.1 Å². The summed E-state index contributed by atoms with van der Waals surface area (Å²) in [5.74, 6) is 0.0398. The minimum absolute atomic E-state index is 0.0398. The molecule has 0 unspecified atom stereocenters. The fourth-order valence-corrected chi connectivity index (χ4v) is 2.06. The molecule has 7 heteroatoms. The summed E-state index contributed by atoms with van der Waals surface area (Å²) < 4.78 is 10.3. The Balaban J connectivity index is 2.42. The molecule has 1 aliphatic heterocycles. The molecule has 0 aromatic carbocycles. The van der Waals surface area contributed by atoms with E-state index in [9.17, 15) is 10.1 Å². The molecule has 0 radical (unpaired) electrons. The molecule has 1 atom stereocenters. The van der Waals surface area contributed by atoms with E-state index in [0.717, 1.165) is 12.1 Å². The second kappa shape index (κ2) is 5.28. The number of pyridine rings is 1. The fraction of sp³-hybridized carbons (Fsp3) is 0.545. The van der Waals surface area contributed by atoms with E-state index in [4.69, 9.17) is 9.47 Å². The zero-order chi connectivity index (χ0) is 13.1. The number of nitrogens with zero attached hydrogens (tertiary/aromatic N) is 2. The zero-order valence-electron chi connectivity index (χ0n) is 10.3. The normalized spacial score (nSPS) is 19.6. The van der Waals surface area contributed by atoms with Gasteiger partial charge in [0.2, 0.25) is 0 Å². The van der Waals surface area contributed by atoms with E-state index in [1.165, 1.54) is 7.11 Å². The molecule has 0 spiro atoms. The molecule has 1 aliphatic rings. The van der Waals surface area contributed by atoms with E-state index in [-0.39, 0.29) is 17.6 Å². The van der Waals surface area contributed by atoms with Crippen LogP contribution in [0.4, 0.5) is 5.69 Å².